The molecular formula is C17H26F3IN4. The van der Waals surface area contributed by atoms with Crippen molar-refractivity contribution in [1.29, 1.82) is 0 Å². The first-order valence-corrected chi connectivity index (χ1v) is 8.30. The Hall–Kier alpha value is -1.03. The maximum absolute atomic E-state index is 12.3. The molecule has 0 aliphatic carbocycles. The highest BCUT2D eigenvalue weighted by atomic mass is 127. The molecule has 0 atom stereocenters. The lowest BCUT2D eigenvalue weighted by Crippen LogP contribution is -2.40. The zero-order chi connectivity index (χ0) is 17.6. The topological polar surface area (TPSA) is 30.9 Å². The third-order valence-corrected chi connectivity index (χ3v) is 3.89. The van der Waals surface area contributed by atoms with E-state index in [1.54, 1.807) is 0 Å². The van der Waals surface area contributed by atoms with Crippen LogP contribution in [-0.2, 0) is 6.42 Å². The van der Waals surface area contributed by atoms with Crippen molar-refractivity contribution in [2.75, 3.05) is 44.7 Å². The number of halogens is 4. The minimum Gasteiger partial charge on any atom is -0.356 e. The fraction of sp³-hybridized carbons (Fsp3) is 0.588. The van der Waals surface area contributed by atoms with Crippen LogP contribution < -0.4 is 10.2 Å². The molecule has 0 saturated heterocycles. The standard InChI is InChI=1S/C17H25F3N4.HI/c1-3-21-16(22-10-6-11-23(2)13-17(18,19)20)24-12-9-14-7-4-5-8-15(14)24;/h4-5,7-8H,3,6,9-13H2,1-2H3,(H,21,22);1H. The molecule has 1 aromatic rings. The van der Waals surface area contributed by atoms with Gasteiger partial charge in [-0.3, -0.25) is 9.89 Å². The second-order valence-electron chi connectivity index (χ2n) is 5.97. The average molecular weight is 470 g/mol. The molecule has 0 unspecified atom stereocenters. The van der Waals surface area contributed by atoms with E-state index in [0.717, 1.165) is 31.2 Å². The van der Waals surface area contributed by atoms with Gasteiger partial charge in [0.15, 0.2) is 5.96 Å². The van der Waals surface area contributed by atoms with Crippen LogP contribution in [0, 0.1) is 0 Å². The van der Waals surface area contributed by atoms with Crippen molar-refractivity contribution in [3.63, 3.8) is 0 Å². The highest BCUT2D eigenvalue weighted by Gasteiger charge is 2.28. The van der Waals surface area contributed by atoms with Gasteiger partial charge in [0.2, 0.25) is 0 Å². The Bertz CT molecular complexity index is 563. The lowest BCUT2D eigenvalue weighted by atomic mass is 10.2. The van der Waals surface area contributed by atoms with Crippen LogP contribution >= 0.6 is 24.0 Å². The van der Waals surface area contributed by atoms with E-state index in [-0.39, 0.29) is 24.0 Å². The Kier molecular flexibility index (Phi) is 8.98. The van der Waals surface area contributed by atoms with E-state index in [1.165, 1.54) is 17.5 Å². The third-order valence-electron chi connectivity index (χ3n) is 3.89. The molecule has 0 bridgehead atoms. The first-order valence-electron chi connectivity index (χ1n) is 8.30. The van der Waals surface area contributed by atoms with Gasteiger partial charge in [-0.1, -0.05) is 18.2 Å². The maximum atomic E-state index is 12.3. The van der Waals surface area contributed by atoms with Crippen molar-refractivity contribution in [3.05, 3.63) is 29.8 Å². The van der Waals surface area contributed by atoms with E-state index in [2.05, 4.69) is 27.3 Å². The van der Waals surface area contributed by atoms with Crippen molar-refractivity contribution >= 4 is 35.6 Å². The minimum absolute atomic E-state index is 0. The molecule has 1 heterocycles. The highest BCUT2D eigenvalue weighted by molar-refractivity contribution is 14.0. The number of hydrogen-bond donors (Lipinski definition) is 1. The second kappa shape index (κ2) is 10.2. The fourth-order valence-electron chi connectivity index (χ4n) is 2.86. The van der Waals surface area contributed by atoms with Gasteiger partial charge in [0.25, 0.3) is 0 Å². The highest BCUT2D eigenvalue weighted by Crippen LogP contribution is 2.27. The summed E-state index contributed by atoms with van der Waals surface area (Å²) in [5.74, 6) is 0.806. The van der Waals surface area contributed by atoms with E-state index >= 15 is 0 Å². The van der Waals surface area contributed by atoms with E-state index in [9.17, 15) is 13.2 Å². The van der Waals surface area contributed by atoms with Crippen LogP contribution in [0.15, 0.2) is 29.3 Å². The van der Waals surface area contributed by atoms with Crippen LogP contribution in [0.5, 0.6) is 0 Å². The van der Waals surface area contributed by atoms with Crippen molar-refractivity contribution in [2.24, 2.45) is 4.99 Å². The predicted molar refractivity (Wildman–Crippen MR) is 107 cm³/mol. The molecule has 142 valence electrons. The number of anilines is 1. The van der Waals surface area contributed by atoms with Crippen LogP contribution in [0.25, 0.3) is 0 Å². The smallest absolute Gasteiger partial charge is 0.356 e. The molecule has 0 aromatic heterocycles. The first kappa shape index (κ1) is 22.0. The van der Waals surface area contributed by atoms with Gasteiger partial charge in [-0.25, -0.2) is 0 Å². The molecule has 0 amide bonds. The van der Waals surface area contributed by atoms with E-state index in [0.29, 0.717) is 19.5 Å². The van der Waals surface area contributed by atoms with Gasteiger partial charge in [-0.05, 0) is 45.0 Å². The molecule has 1 aliphatic heterocycles. The van der Waals surface area contributed by atoms with Crippen LogP contribution in [-0.4, -0.2) is 56.8 Å². The summed E-state index contributed by atoms with van der Waals surface area (Å²) in [7, 11) is 1.49. The van der Waals surface area contributed by atoms with E-state index in [1.807, 2.05) is 19.1 Å². The molecule has 25 heavy (non-hydrogen) atoms. The summed E-state index contributed by atoms with van der Waals surface area (Å²) >= 11 is 0. The molecule has 0 spiro atoms. The number of fused-ring (bicyclic) bond motifs is 1. The number of aliphatic imine (C=N–C) groups is 1. The second-order valence-corrected chi connectivity index (χ2v) is 5.97. The molecular weight excluding hydrogens is 444 g/mol. The summed E-state index contributed by atoms with van der Waals surface area (Å²) < 4.78 is 36.9. The number of nitrogens with zero attached hydrogens (tertiary/aromatic N) is 3. The average Bonchev–Trinajstić information content (AvgIpc) is 2.92. The number of hydrogen-bond acceptors (Lipinski definition) is 2. The SMILES string of the molecule is CCNC(=NCCCN(C)CC(F)(F)F)N1CCc2ccccc21.I. The molecule has 2 rings (SSSR count). The monoisotopic (exact) mass is 470 g/mol. The predicted octanol–water partition coefficient (Wildman–Crippen LogP) is 3.52. The van der Waals surface area contributed by atoms with Crippen LogP contribution in [0.3, 0.4) is 0 Å². The third kappa shape index (κ3) is 7.01. The zero-order valence-corrected chi connectivity index (χ0v) is 17.0. The van der Waals surface area contributed by atoms with Crippen LogP contribution in [0.1, 0.15) is 18.9 Å². The van der Waals surface area contributed by atoms with Gasteiger partial charge in [0, 0.05) is 25.3 Å². The Labute approximate surface area is 164 Å². The summed E-state index contributed by atoms with van der Waals surface area (Å²) in [6.45, 7) is 3.64. The summed E-state index contributed by atoms with van der Waals surface area (Å²) in [5.41, 5.74) is 2.46. The maximum Gasteiger partial charge on any atom is 0.401 e. The van der Waals surface area contributed by atoms with Crippen molar-refractivity contribution in [2.45, 2.75) is 25.9 Å². The summed E-state index contributed by atoms with van der Waals surface area (Å²) in [4.78, 5) is 8.02. The Morgan fingerprint density at radius 3 is 2.72 bits per heavy atom. The first-order chi connectivity index (χ1) is 11.4. The number of guanidine groups is 1. The number of alkyl halides is 3. The van der Waals surface area contributed by atoms with Gasteiger partial charge < -0.3 is 10.2 Å². The van der Waals surface area contributed by atoms with Crippen LogP contribution in [0.2, 0.25) is 0 Å². The number of nitrogens with one attached hydrogen (secondary N) is 1. The number of rotatable bonds is 6. The number of para-hydroxylation sites is 1. The zero-order valence-electron chi connectivity index (χ0n) is 14.6. The normalized spacial score (nSPS) is 14.5. The quantitative estimate of drug-likeness (QED) is 0.299. The van der Waals surface area contributed by atoms with E-state index < -0.39 is 12.7 Å². The lowest BCUT2D eigenvalue weighted by molar-refractivity contribution is -0.143. The Morgan fingerprint density at radius 2 is 2.04 bits per heavy atom. The lowest BCUT2D eigenvalue weighted by Gasteiger charge is -2.22. The Balaban J connectivity index is 0.00000312. The molecule has 1 N–H and O–H groups in total. The molecule has 4 nitrogen and oxygen atoms in total. The fourth-order valence-corrected chi connectivity index (χ4v) is 2.86. The molecule has 0 saturated carbocycles. The molecule has 1 aliphatic rings. The molecule has 1 aromatic carbocycles. The minimum atomic E-state index is -4.15. The molecule has 8 heteroatoms. The van der Waals surface area contributed by atoms with E-state index in [4.69, 9.17) is 0 Å². The van der Waals surface area contributed by atoms with Gasteiger partial charge in [-0.2, -0.15) is 13.2 Å². The Morgan fingerprint density at radius 1 is 1.32 bits per heavy atom. The van der Waals surface area contributed by atoms with Crippen molar-refractivity contribution in [1.82, 2.24) is 10.2 Å². The van der Waals surface area contributed by atoms with Gasteiger partial charge >= 0.3 is 6.18 Å². The summed E-state index contributed by atoms with van der Waals surface area (Å²) in [6, 6.07) is 8.23. The van der Waals surface area contributed by atoms with Crippen LogP contribution in [0.4, 0.5) is 18.9 Å². The van der Waals surface area contributed by atoms with Crippen molar-refractivity contribution in [3.8, 4) is 0 Å². The van der Waals surface area contributed by atoms with Gasteiger partial charge in [0.05, 0.1) is 6.54 Å². The molecule has 0 radical (unpaired) electrons. The van der Waals surface area contributed by atoms with Gasteiger partial charge in [-0.15, -0.1) is 24.0 Å². The van der Waals surface area contributed by atoms with Gasteiger partial charge in [0.1, 0.15) is 0 Å². The summed E-state index contributed by atoms with van der Waals surface area (Å²) in [5, 5.41) is 3.27. The summed E-state index contributed by atoms with van der Waals surface area (Å²) in [6.07, 6.45) is -2.57. The number of benzene rings is 1. The largest absolute Gasteiger partial charge is 0.401 e. The molecule has 0 fully saturated rings. The van der Waals surface area contributed by atoms with Crippen molar-refractivity contribution < 1.29 is 13.2 Å².